The molecule has 0 aliphatic rings. The molecule has 0 saturated heterocycles. The average molecular weight is 344 g/mol. The van der Waals surface area contributed by atoms with Crippen LogP contribution in [0.5, 0.6) is 11.5 Å². The Hall–Kier alpha value is -3.62. The number of hydrogen-bond acceptors (Lipinski definition) is 6. The van der Waals surface area contributed by atoms with Crippen molar-refractivity contribution in [2.75, 3.05) is 12.4 Å². The Morgan fingerprint density at radius 2 is 1.84 bits per heavy atom. The van der Waals surface area contributed by atoms with Gasteiger partial charge in [-0.25, -0.2) is 4.79 Å². The summed E-state index contributed by atoms with van der Waals surface area (Å²) in [6.45, 7) is 1.34. The standard InChI is InChI=1S/C16H16N4O5/c1-10(17)24-16(22)19-11-3-5-12(6-4-11)25-13-7-8-20(23)14(9-13)15(21)18-2/h3-9,17H,1-2H3,(H,18,21)(H,19,22). The maximum atomic E-state index is 11.6. The van der Waals surface area contributed by atoms with Crippen LogP contribution < -0.4 is 20.1 Å². The van der Waals surface area contributed by atoms with E-state index < -0.39 is 12.0 Å². The topological polar surface area (TPSA) is 127 Å². The first-order valence-electron chi connectivity index (χ1n) is 7.16. The zero-order chi connectivity index (χ0) is 18.4. The highest BCUT2D eigenvalue weighted by molar-refractivity contribution is 5.93. The SMILES string of the molecule is CNC(=O)c1cc(Oc2ccc(NC(=O)OC(C)=N)cc2)cc[n+]1[O-]. The molecule has 2 aromatic rings. The molecular formula is C16H16N4O5. The normalized spacial score (nSPS) is 9.84. The van der Waals surface area contributed by atoms with Crippen LogP contribution in [0, 0.1) is 10.6 Å². The van der Waals surface area contributed by atoms with Gasteiger partial charge in [0.1, 0.15) is 11.5 Å². The number of hydrogen-bond donors (Lipinski definition) is 3. The minimum Gasteiger partial charge on any atom is -0.618 e. The fourth-order valence-electron chi connectivity index (χ4n) is 1.85. The Bertz CT molecular complexity index is 805. The molecule has 0 saturated carbocycles. The minimum absolute atomic E-state index is 0.0944. The van der Waals surface area contributed by atoms with Gasteiger partial charge in [0.15, 0.2) is 12.1 Å². The molecule has 0 spiro atoms. The lowest BCUT2D eigenvalue weighted by Crippen LogP contribution is -2.37. The molecular weight excluding hydrogens is 328 g/mol. The van der Waals surface area contributed by atoms with Crippen LogP contribution in [0.25, 0.3) is 0 Å². The predicted molar refractivity (Wildman–Crippen MR) is 88.8 cm³/mol. The van der Waals surface area contributed by atoms with E-state index in [-0.39, 0.29) is 11.6 Å². The lowest BCUT2D eigenvalue weighted by atomic mass is 10.3. The van der Waals surface area contributed by atoms with Gasteiger partial charge < -0.3 is 20.0 Å². The summed E-state index contributed by atoms with van der Waals surface area (Å²) in [5, 5.41) is 23.5. The van der Waals surface area contributed by atoms with Crippen molar-refractivity contribution in [2.45, 2.75) is 6.92 Å². The summed E-state index contributed by atoms with van der Waals surface area (Å²) < 4.78 is 10.6. The number of aromatic nitrogens is 1. The largest absolute Gasteiger partial charge is 0.618 e. The van der Waals surface area contributed by atoms with E-state index >= 15 is 0 Å². The zero-order valence-electron chi connectivity index (χ0n) is 13.5. The number of pyridine rings is 1. The maximum absolute atomic E-state index is 11.6. The Morgan fingerprint density at radius 1 is 1.16 bits per heavy atom. The highest BCUT2D eigenvalue weighted by Gasteiger charge is 2.16. The Morgan fingerprint density at radius 3 is 2.44 bits per heavy atom. The van der Waals surface area contributed by atoms with Gasteiger partial charge in [-0.2, -0.15) is 4.73 Å². The van der Waals surface area contributed by atoms with Gasteiger partial charge in [0.2, 0.25) is 0 Å². The number of carbonyl (C=O) groups is 2. The van der Waals surface area contributed by atoms with Gasteiger partial charge in [-0.3, -0.25) is 15.5 Å². The van der Waals surface area contributed by atoms with E-state index in [2.05, 4.69) is 15.4 Å². The van der Waals surface area contributed by atoms with Gasteiger partial charge in [-0.05, 0) is 24.3 Å². The molecule has 0 unspecified atom stereocenters. The number of benzene rings is 1. The van der Waals surface area contributed by atoms with Gasteiger partial charge in [0.25, 0.3) is 5.69 Å². The molecule has 1 heterocycles. The molecule has 130 valence electrons. The summed E-state index contributed by atoms with van der Waals surface area (Å²) >= 11 is 0. The number of rotatable bonds is 4. The predicted octanol–water partition coefficient (Wildman–Crippen LogP) is 2.02. The highest BCUT2D eigenvalue weighted by Crippen LogP contribution is 2.23. The molecule has 0 atom stereocenters. The Kier molecular flexibility index (Phi) is 5.51. The molecule has 25 heavy (non-hydrogen) atoms. The van der Waals surface area contributed by atoms with Crippen molar-refractivity contribution in [3.05, 3.63) is 53.5 Å². The second kappa shape index (κ2) is 7.77. The molecule has 1 aromatic carbocycles. The van der Waals surface area contributed by atoms with Crippen LogP contribution in [0.3, 0.4) is 0 Å². The van der Waals surface area contributed by atoms with E-state index in [1.165, 1.54) is 32.3 Å². The molecule has 0 radical (unpaired) electrons. The van der Waals surface area contributed by atoms with Crippen LogP contribution in [0.2, 0.25) is 0 Å². The van der Waals surface area contributed by atoms with Gasteiger partial charge in [0, 0.05) is 25.7 Å². The molecule has 9 nitrogen and oxygen atoms in total. The third-order valence-electron chi connectivity index (χ3n) is 2.93. The molecule has 2 rings (SSSR count). The monoisotopic (exact) mass is 344 g/mol. The lowest BCUT2D eigenvalue weighted by molar-refractivity contribution is -0.607. The van der Waals surface area contributed by atoms with Gasteiger partial charge in [-0.15, -0.1) is 0 Å². The summed E-state index contributed by atoms with van der Waals surface area (Å²) in [7, 11) is 1.42. The van der Waals surface area contributed by atoms with Crippen LogP contribution in [0.1, 0.15) is 17.4 Å². The number of ether oxygens (including phenoxy) is 2. The van der Waals surface area contributed by atoms with E-state index in [0.29, 0.717) is 21.9 Å². The number of nitrogens with one attached hydrogen (secondary N) is 3. The number of nitrogens with zero attached hydrogens (tertiary/aromatic N) is 1. The second-order valence-corrected chi connectivity index (χ2v) is 4.85. The van der Waals surface area contributed by atoms with Crippen LogP contribution in [0.15, 0.2) is 42.6 Å². The van der Waals surface area contributed by atoms with E-state index in [9.17, 15) is 14.8 Å². The molecule has 9 heteroatoms. The fourth-order valence-corrected chi connectivity index (χ4v) is 1.85. The van der Waals surface area contributed by atoms with Crippen LogP contribution in [-0.2, 0) is 4.74 Å². The van der Waals surface area contributed by atoms with Crippen molar-refractivity contribution < 1.29 is 23.8 Å². The number of anilines is 1. The molecule has 1 aromatic heterocycles. The fraction of sp³-hybridized carbons (Fsp3) is 0.125. The van der Waals surface area contributed by atoms with E-state index in [1.807, 2.05) is 0 Å². The van der Waals surface area contributed by atoms with Gasteiger partial charge in [-0.1, -0.05) is 0 Å². The van der Waals surface area contributed by atoms with Crippen LogP contribution >= 0.6 is 0 Å². The van der Waals surface area contributed by atoms with Crippen molar-refractivity contribution >= 4 is 23.6 Å². The molecule has 3 N–H and O–H groups in total. The average Bonchev–Trinajstić information content (AvgIpc) is 2.57. The molecule has 0 bridgehead atoms. The van der Waals surface area contributed by atoms with E-state index in [4.69, 9.17) is 10.1 Å². The van der Waals surface area contributed by atoms with Crippen molar-refractivity contribution in [3.8, 4) is 11.5 Å². The third kappa shape index (κ3) is 4.93. The first-order chi connectivity index (χ1) is 11.9. The van der Waals surface area contributed by atoms with E-state index in [1.54, 1.807) is 24.3 Å². The summed E-state index contributed by atoms with van der Waals surface area (Å²) in [4.78, 5) is 23.0. The summed E-state index contributed by atoms with van der Waals surface area (Å²) in [6.07, 6.45) is 0.408. The van der Waals surface area contributed by atoms with Crippen molar-refractivity contribution in [3.63, 3.8) is 0 Å². The lowest BCUT2D eigenvalue weighted by Gasteiger charge is -2.09. The van der Waals surface area contributed by atoms with E-state index in [0.717, 1.165) is 0 Å². The molecule has 0 aliphatic heterocycles. The summed E-state index contributed by atoms with van der Waals surface area (Å²) in [5.74, 6) is 0.00275. The maximum Gasteiger partial charge on any atom is 0.418 e. The number of amides is 2. The summed E-state index contributed by atoms with van der Waals surface area (Å²) in [5.41, 5.74) is 0.359. The molecule has 2 amide bonds. The smallest absolute Gasteiger partial charge is 0.418 e. The van der Waals surface area contributed by atoms with Crippen molar-refractivity contribution in [2.24, 2.45) is 0 Å². The van der Waals surface area contributed by atoms with Gasteiger partial charge in [0.05, 0.1) is 6.07 Å². The van der Waals surface area contributed by atoms with Crippen molar-refractivity contribution in [1.82, 2.24) is 5.32 Å². The first-order valence-corrected chi connectivity index (χ1v) is 7.16. The zero-order valence-corrected chi connectivity index (χ0v) is 13.5. The molecule has 0 fully saturated rings. The van der Waals surface area contributed by atoms with Crippen molar-refractivity contribution in [1.29, 1.82) is 5.41 Å². The van der Waals surface area contributed by atoms with Crippen LogP contribution in [0.4, 0.5) is 10.5 Å². The van der Waals surface area contributed by atoms with Crippen LogP contribution in [-0.4, -0.2) is 24.9 Å². The quantitative estimate of drug-likeness (QED) is 0.338. The minimum atomic E-state index is -0.764. The third-order valence-corrected chi connectivity index (χ3v) is 2.93. The van der Waals surface area contributed by atoms with Gasteiger partial charge >= 0.3 is 12.0 Å². The Labute approximate surface area is 143 Å². The highest BCUT2D eigenvalue weighted by atomic mass is 16.6. The summed E-state index contributed by atoms with van der Waals surface area (Å²) in [6, 6.07) is 9.08. The Balaban J connectivity index is 2.07. The second-order valence-electron chi connectivity index (χ2n) is 4.85. The molecule has 0 aliphatic carbocycles. The first kappa shape index (κ1) is 17.7. The number of carbonyl (C=O) groups excluding carboxylic acids is 2.